The number of benzene rings is 1. The van der Waals surface area contributed by atoms with Gasteiger partial charge in [-0.15, -0.1) is 0 Å². The topological polar surface area (TPSA) is 26.0 Å². The van der Waals surface area contributed by atoms with Gasteiger partial charge in [-0.2, -0.15) is 12.6 Å². The second-order valence-corrected chi connectivity index (χ2v) is 4.05. The number of hydrogen-bond donors (Lipinski definition) is 2. The average Bonchev–Trinajstić information content (AvgIpc) is 2.09. The van der Waals surface area contributed by atoms with Crippen molar-refractivity contribution in [2.45, 2.75) is 6.42 Å². The van der Waals surface area contributed by atoms with E-state index in [1.807, 2.05) is 24.3 Å². The normalized spacial score (nSPS) is 10.9. The van der Waals surface area contributed by atoms with E-state index in [-0.39, 0.29) is 0 Å². The number of halogens is 1. The summed E-state index contributed by atoms with van der Waals surface area (Å²) < 4.78 is 1.01. The molecule has 1 rings (SSSR count). The molecule has 0 heterocycles. The Kier molecular flexibility index (Phi) is 4.39. The fraction of sp³-hybridized carbons (Fsp3) is 0.200. The lowest BCUT2D eigenvalue weighted by Gasteiger charge is -2.00. The molecule has 0 atom stereocenters. The third kappa shape index (κ3) is 3.44. The Morgan fingerprint density at radius 2 is 2.23 bits per heavy atom. The number of anilines is 1. The molecule has 1 aromatic carbocycles. The number of nitrogens with two attached hydrogens (primary N) is 1. The molecule has 70 valence electrons. The van der Waals surface area contributed by atoms with Crippen LogP contribution in [0.2, 0.25) is 0 Å². The van der Waals surface area contributed by atoms with Crippen molar-refractivity contribution < 1.29 is 0 Å². The summed E-state index contributed by atoms with van der Waals surface area (Å²) in [5.74, 6) is 0.868. The molecule has 0 unspecified atom stereocenters. The Balaban J connectivity index is 2.77. The lowest BCUT2D eigenvalue weighted by Crippen LogP contribution is -1.88. The summed E-state index contributed by atoms with van der Waals surface area (Å²) in [6.45, 7) is 0. The van der Waals surface area contributed by atoms with Gasteiger partial charge in [-0.3, -0.25) is 0 Å². The Labute approximate surface area is 92.6 Å². The van der Waals surface area contributed by atoms with Crippen LogP contribution in [0.4, 0.5) is 5.69 Å². The molecule has 0 saturated carbocycles. The van der Waals surface area contributed by atoms with Crippen molar-refractivity contribution in [2.24, 2.45) is 0 Å². The van der Waals surface area contributed by atoms with E-state index in [0.717, 1.165) is 27.9 Å². The van der Waals surface area contributed by atoms with Gasteiger partial charge in [-0.05, 0) is 29.9 Å². The molecule has 1 nitrogen and oxygen atoms in total. The Bertz CT molecular complexity index is 310. The lowest BCUT2D eigenvalue weighted by molar-refractivity contribution is 1.26. The molecule has 0 aliphatic carbocycles. The third-order valence-corrected chi connectivity index (χ3v) is 2.39. The molecule has 0 saturated heterocycles. The van der Waals surface area contributed by atoms with Crippen molar-refractivity contribution >= 4 is 40.3 Å². The van der Waals surface area contributed by atoms with Crippen LogP contribution in [0.15, 0.2) is 28.7 Å². The molecule has 3 heteroatoms. The largest absolute Gasteiger partial charge is 0.398 e. The fourth-order valence-electron chi connectivity index (χ4n) is 0.982. The second kappa shape index (κ2) is 5.35. The molecule has 1 aromatic rings. The van der Waals surface area contributed by atoms with Gasteiger partial charge >= 0.3 is 0 Å². The first-order valence-corrected chi connectivity index (χ1v) is 5.49. The predicted octanol–water partition coefficient (Wildman–Crippen LogP) is 3.36. The van der Waals surface area contributed by atoms with Gasteiger partial charge in [-0.25, -0.2) is 0 Å². The van der Waals surface area contributed by atoms with Gasteiger partial charge in [0.15, 0.2) is 0 Å². The molecule has 2 N–H and O–H groups in total. The van der Waals surface area contributed by atoms with Crippen LogP contribution in [-0.4, -0.2) is 5.75 Å². The van der Waals surface area contributed by atoms with Crippen LogP contribution in [0.25, 0.3) is 6.08 Å². The van der Waals surface area contributed by atoms with Gasteiger partial charge in [0.25, 0.3) is 0 Å². The summed E-state index contributed by atoms with van der Waals surface area (Å²) in [4.78, 5) is 0. The molecular formula is C10H12BrNS. The van der Waals surface area contributed by atoms with E-state index in [2.05, 4.69) is 34.6 Å². The molecule has 0 aliphatic heterocycles. The standard InChI is InChI=1S/C10H12BrNS/c11-9-5-4-8(10(12)7-9)3-1-2-6-13/h1,3-5,7,13H,2,6,12H2. The molecule has 0 spiro atoms. The van der Waals surface area contributed by atoms with Crippen LogP contribution in [0, 0.1) is 0 Å². The van der Waals surface area contributed by atoms with Gasteiger partial charge in [0.2, 0.25) is 0 Å². The van der Waals surface area contributed by atoms with E-state index in [4.69, 9.17) is 5.73 Å². The van der Waals surface area contributed by atoms with Gasteiger partial charge in [0.1, 0.15) is 0 Å². The van der Waals surface area contributed by atoms with Crippen molar-refractivity contribution in [1.29, 1.82) is 0 Å². The van der Waals surface area contributed by atoms with Crippen LogP contribution in [0.1, 0.15) is 12.0 Å². The SMILES string of the molecule is Nc1cc(Br)ccc1C=CCCS. The minimum absolute atomic E-state index is 0.796. The Hall–Kier alpha value is -0.410. The van der Waals surface area contributed by atoms with Crippen LogP contribution >= 0.6 is 28.6 Å². The zero-order valence-corrected chi connectivity index (χ0v) is 9.68. The molecule has 0 aromatic heterocycles. The summed E-state index contributed by atoms with van der Waals surface area (Å²) >= 11 is 7.48. The maximum Gasteiger partial charge on any atom is 0.0398 e. The number of nitrogen functional groups attached to an aromatic ring is 1. The molecular weight excluding hydrogens is 246 g/mol. The van der Waals surface area contributed by atoms with Crippen molar-refractivity contribution in [3.05, 3.63) is 34.3 Å². The first-order valence-electron chi connectivity index (χ1n) is 4.06. The second-order valence-electron chi connectivity index (χ2n) is 2.69. The molecule has 0 fully saturated rings. The number of thiol groups is 1. The van der Waals surface area contributed by atoms with Crippen molar-refractivity contribution in [1.82, 2.24) is 0 Å². The highest BCUT2D eigenvalue weighted by Gasteiger charge is 1.94. The van der Waals surface area contributed by atoms with Crippen LogP contribution < -0.4 is 5.73 Å². The first kappa shape index (κ1) is 10.7. The maximum atomic E-state index is 5.80. The zero-order valence-electron chi connectivity index (χ0n) is 7.20. The van der Waals surface area contributed by atoms with Crippen molar-refractivity contribution in [3.8, 4) is 0 Å². The quantitative estimate of drug-likeness (QED) is 0.631. The van der Waals surface area contributed by atoms with Gasteiger partial charge < -0.3 is 5.73 Å². The summed E-state index contributed by atoms with van der Waals surface area (Å²) in [6.07, 6.45) is 5.07. The highest BCUT2D eigenvalue weighted by molar-refractivity contribution is 9.10. The Morgan fingerprint density at radius 3 is 2.85 bits per heavy atom. The lowest BCUT2D eigenvalue weighted by atomic mass is 10.1. The molecule has 0 bridgehead atoms. The maximum absolute atomic E-state index is 5.80. The summed E-state index contributed by atoms with van der Waals surface area (Å²) in [5.41, 5.74) is 7.66. The van der Waals surface area contributed by atoms with Crippen LogP contribution in [-0.2, 0) is 0 Å². The van der Waals surface area contributed by atoms with Crippen molar-refractivity contribution in [2.75, 3.05) is 11.5 Å². The minimum Gasteiger partial charge on any atom is -0.398 e. The van der Waals surface area contributed by atoms with Crippen molar-refractivity contribution in [3.63, 3.8) is 0 Å². The highest BCUT2D eigenvalue weighted by Crippen LogP contribution is 2.19. The van der Waals surface area contributed by atoms with E-state index in [1.165, 1.54) is 0 Å². The number of rotatable bonds is 3. The van der Waals surface area contributed by atoms with E-state index in [0.29, 0.717) is 0 Å². The molecule has 13 heavy (non-hydrogen) atoms. The number of hydrogen-bond acceptors (Lipinski definition) is 2. The number of allylic oxidation sites excluding steroid dienone is 1. The van der Waals surface area contributed by atoms with E-state index in [1.54, 1.807) is 0 Å². The zero-order chi connectivity index (χ0) is 9.68. The van der Waals surface area contributed by atoms with Gasteiger partial charge in [0, 0.05) is 10.2 Å². The Morgan fingerprint density at radius 1 is 1.46 bits per heavy atom. The highest BCUT2D eigenvalue weighted by atomic mass is 79.9. The van der Waals surface area contributed by atoms with Gasteiger partial charge in [0.05, 0.1) is 0 Å². The monoisotopic (exact) mass is 257 g/mol. The van der Waals surface area contributed by atoms with E-state index < -0.39 is 0 Å². The summed E-state index contributed by atoms with van der Waals surface area (Å²) in [5, 5.41) is 0. The molecule has 0 aliphatic rings. The van der Waals surface area contributed by atoms with E-state index in [9.17, 15) is 0 Å². The minimum atomic E-state index is 0.796. The van der Waals surface area contributed by atoms with Gasteiger partial charge in [-0.1, -0.05) is 34.1 Å². The van der Waals surface area contributed by atoms with Crippen LogP contribution in [0.3, 0.4) is 0 Å². The average molecular weight is 258 g/mol. The summed E-state index contributed by atoms with van der Waals surface area (Å²) in [6, 6.07) is 5.88. The van der Waals surface area contributed by atoms with E-state index >= 15 is 0 Å². The molecule has 0 radical (unpaired) electrons. The predicted molar refractivity (Wildman–Crippen MR) is 66.1 cm³/mol. The first-order chi connectivity index (χ1) is 6.24. The third-order valence-electron chi connectivity index (χ3n) is 1.64. The molecule has 0 amide bonds. The fourth-order valence-corrected chi connectivity index (χ4v) is 1.51. The summed E-state index contributed by atoms with van der Waals surface area (Å²) in [7, 11) is 0. The smallest absolute Gasteiger partial charge is 0.0398 e. The van der Waals surface area contributed by atoms with Crippen LogP contribution in [0.5, 0.6) is 0 Å².